The maximum atomic E-state index is 14.7. The molecule has 7 heteroatoms. The van der Waals surface area contributed by atoms with E-state index < -0.39 is 23.6 Å². The van der Waals surface area contributed by atoms with Gasteiger partial charge in [0.25, 0.3) is 5.91 Å². The van der Waals surface area contributed by atoms with E-state index in [0.717, 1.165) is 32.1 Å². The van der Waals surface area contributed by atoms with Crippen LogP contribution in [-0.2, 0) is 10.2 Å². The number of benzene rings is 2. The number of hydrogen-bond acceptors (Lipinski definition) is 4. The van der Waals surface area contributed by atoms with Crippen LogP contribution in [0.3, 0.4) is 0 Å². The predicted octanol–water partition coefficient (Wildman–Crippen LogP) is 4.95. The minimum atomic E-state index is -0.957. The molecule has 156 valence electrons. The molecule has 0 bridgehead atoms. The molecule has 1 amide bonds. The number of carbonyl (C=O) groups excluding carboxylic acids is 1. The molecule has 1 heterocycles. The summed E-state index contributed by atoms with van der Waals surface area (Å²) in [5, 5.41) is 16.0. The van der Waals surface area contributed by atoms with Crippen LogP contribution >= 0.6 is 0 Å². The minimum absolute atomic E-state index is 0. The Morgan fingerprint density at radius 2 is 2.00 bits per heavy atom. The summed E-state index contributed by atoms with van der Waals surface area (Å²) in [4.78, 5) is 12.6. The van der Waals surface area contributed by atoms with E-state index in [-0.39, 0.29) is 30.6 Å². The fourth-order valence-electron chi connectivity index (χ4n) is 4.24. The number of anilines is 2. The van der Waals surface area contributed by atoms with Crippen LogP contribution in [0.2, 0.25) is 0 Å². The second-order valence-corrected chi connectivity index (χ2v) is 8.09. The van der Waals surface area contributed by atoms with Gasteiger partial charge >= 0.3 is 0 Å². The topological polar surface area (TPSA) is 70.6 Å². The van der Waals surface area contributed by atoms with Gasteiger partial charge in [0.1, 0.15) is 23.1 Å². The van der Waals surface area contributed by atoms with Gasteiger partial charge in [-0.15, -0.1) is 0 Å². The number of aromatic hydroxyl groups is 1. The van der Waals surface area contributed by atoms with E-state index in [2.05, 4.69) is 10.6 Å². The summed E-state index contributed by atoms with van der Waals surface area (Å²) in [6, 6.07) is 6.59. The van der Waals surface area contributed by atoms with E-state index in [1.54, 1.807) is 0 Å². The molecular formula is C22H26F2N2O3. The molecule has 0 saturated heterocycles. The van der Waals surface area contributed by atoms with Gasteiger partial charge in [0, 0.05) is 19.1 Å². The van der Waals surface area contributed by atoms with Crippen molar-refractivity contribution in [3.05, 3.63) is 47.5 Å². The highest BCUT2D eigenvalue weighted by Crippen LogP contribution is 2.44. The second kappa shape index (κ2) is 7.54. The first kappa shape index (κ1) is 19.5. The summed E-state index contributed by atoms with van der Waals surface area (Å²) >= 11 is 0. The summed E-state index contributed by atoms with van der Waals surface area (Å²) in [6.07, 6.45) is 4.07. The Hall–Kier alpha value is -2.83. The van der Waals surface area contributed by atoms with E-state index in [9.17, 15) is 18.7 Å². The van der Waals surface area contributed by atoms with Crippen molar-refractivity contribution >= 4 is 17.3 Å². The molecule has 1 aliphatic heterocycles. The average molecular weight is 404 g/mol. The number of ether oxygens (including phenoxy) is 1. The predicted molar refractivity (Wildman–Crippen MR) is 109 cm³/mol. The van der Waals surface area contributed by atoms with Crippen LogP contribution in [0, 0.1) is 11.6 Å². The van der Waals surface area contributed by atoms with Crippen molar-refractivity contribution in [3.8, 4) is 11.5 Å². The van der Waals surface area contributed by atoms with E-state index in [1.807, 2.05) is 6.92 Å². The van der Waals surface area contributed by atoms with E-state index >= 15 is 0 Å². The van der Waals surface area contributed by atoms with Gasteiger partial charge in [0.15, 0.2) is 6.10 Å². The molecule has 5 nitrogen and oxygen atoms in total. The third kappa shape index (κ3) is 3.86. The fourth-order valence-corrected chi connectivity index (χ4v) is 4.24. The largest absolute Gasteiger partial charge is 0.508 e. The number of phenols is 1. The molecule has 2 aliphatic rings. The Labute approximate surface area is 169 Å². The van der Waals surface area contributed by atoms with E-state index in [1.165, 1.54) is 30.3 Å². The van der Waals surface area contributed by atoms with Crippen molar-refractivity contribution in [2.24, 2.45) is 0 Å². The normalized spacial score (nSPS) is 20.2. The number of amides is 1. The monoisotopic (exact) mass is 404 g/mol. The zero-order valence-electron chi connectivity index (χ0n) is 16.2. The summed E-state index contributed by atoms with van der Waals surface area (Å²) in [5.41, 5.74) is 0.789. The zero-order chi connectivity index (χ0) is 20.6. The lowest BCUT2D eigenvalue weighted by Crippen LogP contribution is -2.41. The van der Waals surface area contributed by atoms with Crippen molar-refractivity contribution in [2.45, 2.75) is 50.5 Å². The molecule has 2 aromatic carbocycles. The number of rotatable bonds is 3. The average Bonchev–Trinajstić information content (AvgIpc) is 2.70. The quantitative estimate of drug-likeness (QED) is 0.677. The molecule has 2 aromatic rings. The van der Waals surface area contributed by atoms with Crippen molar-refractivity contribution < 1.29 is 24.8 Å². The number of phenolic OH excluding ortho intramolecular Hbond substituents is 1. The lowest BCUT2D eigenvalue weighted by Gasteiger charge is -2.34. The van der Waals surface area contributed by atoms with Gasteiger partial charge in [-0.2, -0.15) is 0 Å². The third-order valence-corrected chi connectivity index (χ3v) is 5.93. The molecule has 29 heavy (non-hydrogen) atoms. The Morgan fingerprint density at radius 1 is 1.24 bits per heavy atom. The van der Waals surface area contributed by atoms with Gasteiger partial charge in [-0.25, -0.2) is 8.78 Å². The van der Waals surface area contributed by atoms with Gasteiger partial charge in [0.05, 0.1) is 17.9 Å². The highest BCUT2D eigenvalue weighted by Gasteiger charge is 2.33. The van der Waals surface area contributed by atoms with Gasteiger partial charge in [-0.1, -0.05) is 26.2 Å². The number of fused-ring (bicyclic) bond motifs is 1. The van der Waals surface area contributed by atoms with Crippen molar-refractivity contribution in [2.75, 3.05) is 17.2 Å². The summed E-state index contributed by atoms with van der Waals surface area (Å²) in [6.45, 7) is 2.20. The highest BCUT2D eigenvalue weighted by atomic mass is 19.1. The molecule has 1 unspecified atom stereocenters. The first-order chi connectivity index (χ1) is 13.9. The van der Waals surface area contributed by atoms with Crippen molar-refractivity contribution in [3.63, 3.8) is 0 Å². The molecular weight excluding hydrogens is 378 g/mol. The molecule has 1 fully saturated rings. The standard InChI is InChI=1S/C22H24F2N2O3.H2/c1-22(7-3-2-4-8-22)14-10-15(24)17(11-18(14)27)26-21(28)20-12-25-16-6-5-13(23)9-19(16)29-20;/h5-6,9-11,20,25,27H,2-4,7-8,12H2,1H3,(H,26,28);1H. The van der Waals surface area contributed by atoms with Gasteiger partial charge in [0.2, 0.25) is 0 Å². The Balaban J connectivity index is 0.00000256. The molecule has 3 N–H and O–H groups in total. The van der Waals surface area contributed by atoms with Gasteiger partial charge in [-0.3, -0.25) is 4.79 Å². The molecule has 0 spiro atoms. The molecule has 4 rings (SSSR count). The summed E-state index contributed by atoms with van der Waals surface area (Å²) in [5.74, 6) is -1.47. The Kier molecular flexibility index (Phi) is 5.06. The zero-order valence-corrected chi connectivity index (χ0v) is 16.2. The van der Waals surface area contributed by atoms with Crippen LogP contribution in [0.5, 0.6) is 11.5 Å². The van der Waals surface area contributed by atoms with E-state index in [4.69, 9.17) is 4.74 Å². The summed E-state index contributed by atoms with van der Waals surface area (Å²) < 4.78 is 33.7. The first-order valence-electron chi connectivity index (χ1n) is 9.90. The van der Waals surface area contributed by atoms with Crippen molar-refractivity contribution in [1.82, 2.24) is 0 Å². The molecule has 0 radical (unpaired) electrons. The SMILES string of the molecule is CC1(c2cc(F)c(NC(=O)C3CNc4ccc(F)cc4O3)cc2O)CCCCC1.[HH]. The van der Waals surface area contributed by atoms with Crippen molar-refractivity contribution in [1.29, 1.82) is 0 Å². The number of halogens is 2. The smallest absolute Gasteiger partial charge is 0.267 e. The lowest BCUT2D eigenvalue weighted by molar-refractivity contribution is -0.122. The number of nitrogens with one attached hydrogen (secondary N) is 2. The van der Waals surface area contributed by atoms with Crippen LogP contribution < -0.4 is 15.4 Å². The lowest BCUT2D eigenvalue weighted by atomic mass is 9.70. The van der Waals surface area contributed by atoms with Gasteiger partial charge in [-0.05, 0) is 36.5 Å². The highest BCUT2D eigenvalue weighted by molar-refractivity contribution is 5.95. The van der Waals surface area contributed by atoms with Crippen LogP contribution in [0.25, 0.3) is 0 Å². The Bertz CT molecular complexity index is 948. The second-order valence-electron chi connectivity index (χ2n) is 8.09. The van der Waals surface area contributed by atoms with Crippen LogP contribution in [0.1, 0.15) is 46.0 Å². The maximum Gasteiger partial charge on any atom is 0.267 e. The molecule has 1 saturated carbocycles. The fraction of sp³-hybridized carbons (Fsp3) is 0.409. The van der Waals surface area contributed by atoms with Crippen LogP contribution in [0.4, 0.5) is 20.2 Å². The van der Waals surface area contributed by atoms with Gasteiger partial charge < -0.3 is 20.5 Å². The molecule has 1 aliphatic carbocycles. The minimum Gasteiger partial charge on any atom is -0.508 e. The Morgan fingerprint density at radius 3 is 2.76 bits per heavy atom. The maximum absolute atomic E-state index is 14.7. The molecule has 0 aromatic heterocycles. The first-order valence-corrected chi connectivity index (χ1v) is 9.90. The summed E-state index contributed by atoms with van der Waals surface area (Å²) in [7, 11) is 0. The third-order valence-electron chi connectivity index (χ3n) is 5.93. The molecule has 1 atom stereocenters. The number of hydrogen-bond donors (Lipinski definition) is 3. The van der Waals surface area contributed by atoms with E-state index in [0.29, 0.717) is 11.3 Å². The number of carbonyl (C=O) groups is 1. The van der Waals surface area contributed by atoms with Crippen LogP contribution in [-0.4, -0.2) is 23.7 Å². The van der Waals surface area contributed by atoms with Crippen LogP contribution in [0.15, 0.2) is 30.3 Å².